The normalized spacial score (nSPS) is 21.7. The molecule has 1 aliphatic carbocycles. The van der Waals surface area contributed by atoms with Crippen molar-refractivity contribution in [3.8, 4) is 0 Å². The molecule has 1 fully saturated rings. The fourth-order valence-electron chi connectivity index (χ4n) is 3.23. The molecule has 5 nitrogen and oxygen atoms in total. The van der Waals surface area contributed by atoms with Gasteiger partial charge in [-0.2, -0.15) is 0 Å². The van der Waals surface area contributed by atoms with Crippen LogP contribution in [0.5, 0.6) is 0 Å². The van der Waals surface area contributed by atoms with Crippen LogP contribution in [0.25, 0.3) is 0 Å². The summed E-state index contributed by atoms with van der Waals surface area (Å²) in [6, 6.07) is 0.519. The number of hydrogen-bond donors (Lipinski definition) is 2. The SMILES string of the molecule is CCCN(CC)CCNC1CCCC1CNC(=O)OC(C)(C)C. The predicted molar refractivity (Wildman–Crippen MR) is 95.8 cm³/mol. The standard InChI is InChI=1S/C18H37N3O2/c1-6-12-21(7-2)13-11-19-16-10-8-9-15(16)14-20-17(22)23-18(3,4)5/h15-16,19H,6-14H2,1-5H3,(H,20,22). The van der Waals surface area contributed by atoms with Gasteiger partial charge in [-0.25, -0.2) is 4.79 Å². The van der Waals surface area contributed by atoms with Gasteiger partial charge in [0.15, 0.2) is 0 Å². The summed E-state index contributed by atoms with van der Waals surface area (Å²) in [6.45, 7) is 15.3. The summed E-state index contributed by atoms with van der Waals surface area (Å²) in [5, 5.41) is 6.62. The number of hydrogen-bond acceptors (Lipinski definition) is 4. The van der Waals surface area contributed by atoms with Gasteiger partial charge in [0.1, 0.15) is 5.60 Å². The highest BCUT2D eigenvalue weighted by Gasteiger charge is 2.27. The number of nitrogens with one attached hydrogen (secondary N) is 2. The lowest BCUT2D eigenvalue weighted by molar-refractivity contribution is 0.0517. The quantitative estimate of drug-likeness (QED) is 0.683. The Morgan fingerprint density at radius 1 is 1.22 bits per heavy atom. The molecule has 0 bridgehead atoms. The first-order chi connectivity index (χ1) is 10.9. The van der Waals surface area contributed by atoms with Crippen molar-refractivity contribution < 1.29 is 9.53 Å². The second kappa shape index (κ2) is 10.1. The number of amides is 1. The van der Waals surface area contributed by atoms with Crippen LogP contribution in [0.3, 0.4) is 0 Å². The molecule has 1 aliphatic rings. The van der Waals surface area contributed by atoms with Gasteiger partial charge in [-0.15, -0.1) is 0 Å². The van der Waals surface area contributed by atoms with Crippen LogP contribution >= 0.6 is 0 Å². The van der Waals surface area contributed by atoms with E-state index in [2.05, 4.69) is 29.4 Å². The molecule has 0 saturated heterocycles. The molecule has 2 N–H and O–H groups in total. The van der Waals surface area contributed by atoms with Crippen molar-refractivity contribution in [2.24, 2.45) is 5.92 Å². The van der Waals surface area contributed by atoms with Gasteiger partial charge in [0.05, 0.1) is 0 Å². The first-order valence-corrected chi connectivity index (χ1v) is 9.28. The van der Waals surface area contributed by atoms with Gasteiger partial charge in [0.25, 0.3) is 0 Å². The van der Waals surface area contributed by atoms with Crippen LogP contribution < -0.4 is 10.6 Å². The number of alkyl carbamates (subject to hydrolysis) is 1. The molecule has 0 spiro atoms. The molecule has 1 amide bonds. The minimum absolute atomic E-state index is 0.303. The number of likely N-dealkylation sites (N-methyl/N-ethyl adjacent to an activating group) is 1. The molecule has 0 aliphatic heterocycles. The summed E-state index contributed by atoms with van der Waals surface area (Å²) >= 11 is 0. The van der Waals surface area contributed by atoms with Crippen LogP contribution in [0.2, 0.25) is 0 Å². The zero-order valence-corrected chi connectivity index (χ0v) is 15.8. The largest absolute Gasteiger partial charge is 0.444 e. The van der Waals surface area contributed by atoms with Crippen molar-refractivity contribution in [1.29, 1.82) is 0 Å². The molecular weight excluding hydrogens is 290 g/mol. The zero-order chi connectivity index (χ0) is 17.3. The second-order valence-corrected chi connectivity index (χ2v) is 7.57. The minimum atomic E-state index is -0.430. The molecule has 0 aromatic carbocycles. The van der Waals surface area contributed by atoms with E-state index < -0.39 is 5.60 Å². The van der Waals surface area contributed by atoms with Gasteiger partial charge in [-0.3, -0.25) is 0 Å². The predicted octanol–water partition coefficient (Wildman–Crippen LogP) is 3.00. The Morgan fingerprint density at radius 3 is 2.57 bits per heavy atom. The van der Waals surface area contributed by atoms with E-state index in [1.54, 1.807) is 0 Å². The monoisotopic (exact) mass is 327 g/mol. The van der Waals surface area contributed by atoms with Crippen LogP contribution in [-0.4, -0.2) is 55.4 Å². The molecule has 136 valence electrons. The van der Waals surface area contributed by atoms with Gasteiger partial charge >= 0.3 is 6.09 Å². The maximum Gasteiger partial charge on any atom is 0.407 e. The number of carbonyl (C=O) groups excluding carboxylic acids is 1. The number of ether oxygens (including phenoxy) is 1. The molecule has 1 saturated carbocycles. The molecule has 5 heteroatoms. The molecule has 1 rings (SSSR count). The molecule has 23 heavy (non-hydrogen) atoms. The first-order valence-electron chi connectivity index (χ1n) is 9.28. The Bertz CT molecular complexity index is 342. The molecule has 2 atom stereocenters. The van der Waals surface area contributed by atoms with Crippen molar-refractivity contribution in [3.63, 3.8) is 0 Å². The fraction of sp³-hybridized carbons (Fsp3) is 0.944. The highest BCUT2D eigenvalue weighted by molar-refractivity contribution is 5.67. The summed E-state index contributed by atoms with van der Waals surface area (Å²) in [7, 11) is 0. The van der Waals surface area contributed by atoms with Crippen LogP contribution in [-0.2, 0) is 4.74 Å². The average Bonchev–Trinajstić information content (AvgIpc) is 2.90. The van der Waals surface area contributed by atoms with E-state index in [9.17, 15) is 4.79 Å². The van der Waals surface area contributed by atoms with E-state index in [4.69, 9.17) is 4.74 Å². The van der Waals surface area contributed by atoms with Gasteiger partial charge in [-0.1, -0.05) is 20.3 Å². The highest BCUT2D eigenvalue weighted by atomic mass is 16.6. The van der Waals surface area contributed by atoms with Crippen LogP contribution in [0.15, 0.2) is 0 Å². The van der Waals surface area contributed by atoms with Crippen molar-refractivity contribution in [2.75, 3.05) is 32.7 Å². The lowest BCUT2D eigenvalue weighted by Gasteiger charge is -2.25. The molecule has 0 radical (unpaired) electrons. The Labute approximate surface area is 142 Å². The molecule has 0 aromatic rings. The van der Waals surface area contributed by atoms with E-state index in [1.807, 2.05) is 20.8 Å². The van der Waals surface area contributed by atoms with Crippen molar-refractivity contribution >= 4 is 6.09 Å². The molecule has 0 heterocycles. The van der Waals surface area contributed by atoms with Crippen LogP contribution in [0.4, 0.5) is 4.79 Å². The number of nitrogens with zero attached hydrogens (tertiary/aromatic N) is 1. The van der Waals surface area contributed by atoms with Crippen molar-refractivity contribution in [2.45, 2.75) is 71.9 Å². The van der Waals surface area contributed by atoms with Crippen LogP contribution in [0.1, 0.15) is 60.3 Å². The second-order valence-electron chi connectivity index (χ2n) is 7.57. The smallest absolute Gasteiger partial charge is 0.407 e. The van der Waals surface area contributed by atoms with E-state index in [0.29, 0.717) is 18.5 Å². The van der Waals surface area contributed by atoms with E-state index in [1.165, 1.54) is 32.2 Å². The van der Waals surface area contributed by atoms with E-state index in [0.717, 1.165) is 19.6 Å². The molecule has 2 unspecified atom stereocenters. The summed E-state index contributed by atoms with van der Waals surface area (Å²) in [5.41, 5.74) is -0.430. The Morgan fingerprint density at radius 2 is 1.96 bits per heavy atom. The molecule has 0 aromatic heterocycles. The third-order valence-corrected chi connectivity index (χ3v) is 4.39. The third-order valence-electron chi connectivity index (χ3n) is 4.39. The lowest BCUT2D eigenvalue weighted by Crippen LogP contribution is -2.43. The van der Waals surface area contributed by atoms with E-state index >= 15 is 0 Å². The third kappa shape index (κ3) is 8.56. The van der Waals surface area contributed by atoms with Gasteiger partial charge in [0.2, 0.25) is 0 Å². The topological polar surface area (TPSA) is 53.6 Å². The zero-order valence-electron chi connectivity index (χ0n) is 15.8. The van der Waals surface area contributed by atoms with Gasteiger partial charge in [-0.05, 0) is 59.0 Å². The van der Waals surface area contributed by atoms with Crippen LogP contribution in [0, 0.1) is 5.92 Å². The summed E-state index contributed by atoms with van der Waals surface area (Å²) in [6.07, 6.45) is 4.54. The Hall–Kier alpha value is -0.810. The lowest BCUT2D eigenvalue weighted by atomic mass is 10.0. The number of rotatable bonds is 9. The van der Waals surface area contributed by atoms with E-state index in [-0.39, 0.29) is 6.09 Å². The summed E-state index contributed by atoms with van der Waals surface area (Å²) in [5.74, 6) is 0.517. The minimum Gasteiger partial charge on any atom is -0.444 e. The summed E-state index contributed by atoms with van der Waals surface area (Å²) < 4.78 is 5.31. The first kappa shape index (κ1) is 20.2. The Kier molecular flexibility index (Phi) is 8.92. The van der Waals surface area contributed by atoms with Crippen molar-refractivity contribution in [1.82, 2.24) is 15.5 Å². The van der Waals surface area contributed by atoms with Gasteiger partial charge in [0, 0.05) is 25.7 Å². The highest BCUT2D eigenvalue weighted by Crippen LogP contribution is 2.25. The fourth-order valence-corrected chi connectivity index (χ4v) is 3.23. The summed E-state index contributed by atoms with van der Waals surface area (Å²) in [4.78, 5) is 14.3. The average molecular weight is 328 g/mol. The maximum atomic E-state index is 11.8. The van der Waals surface area contributed by atoms with Crippen molar-refractivity contribution in [3.05, 3.63) is 0 Å². The van der Waals surface area contributed by atoms with Gasteiger partial charge < -0.3 is 20.3 Å². The molecular formula is C18H37N3O2. The maximum absolute atomic E-state index is 11.8. The number of carbonyl (C=O) groups is 1. The Balaban J connectivity index is 2.27.